The summed E-state index contributed by atoms with van der Waals surface area (Å²) < 4.78 is 11.5. The SMILES string of the molecule is CCCOc1ccccc1NC(=O)N1CCOC(c2cccs2)C1. The minimum atomic E-state index is -0.118. The highest BCUT2D eigenvalue weighted by atomic mass is 32.1. The molecular weight excluding hydrogens is 324 g/mol. The summed E-state index contributed by atoms with van der Waals surface area (Å²) in [5.41, 5.74) is 0.704. The van der Waals surface area contributed by atoms with Gasteiger partial charge in [0.1, 0.15) is 11.9 Å². The molecule has 0 aliphatic carbocycles. The van der Waals surface area contributed by atoms with Crippen LogP contribution < -0.4 is 10.1 Å². The predicted octanol–water partition coefficient (Wildman–Crippen LogP) is 4.14. The zero-order valence-electron chi connectivity index (χ0n) is 13.7. The molecule has 0 saturated carbocycles. The monoisotopic (exact) mass is 346 g/mol. The van der Waals surface area contributed by atoms with Crippen molar-refractivity contribution in [3.63, 3.8) is 0 Å². The highest BCUT2D eigenvalue weighted by molar-refractivity contribution is 7.10. The maximum atomic E-state index is 12.6. The number of urea groups is 1. The lowest BCUT2D eigenvalue weighted by molar-refractivity contribution is -0.0116. The Morgan fingerprint density at radius 1 is 1.38 bits per heavy atom. The molecule has 1 saturated heterocycles. The molecule has 0 spiro atoms. The van der Waals surface area contributed by atoms with Crippen molar-refractivity contribution in [2.45, 2.75) is 19.4 Å². The summed E-state index contributed by atoms with van der Waals surface area (Å²) in [5, 5.41) is 4.99. The van der Waals surface area contributed by atoms with Crippen LogP contribution in [0.3, 0.4) is 0 Å². The molecule has 3 rings (SSSR count). The Kier molecular flexibility index (Phi) is 5.72. The first kappa shape index (κ1) is 16.8. The quantitative estimate of drug-likeness (QED) is 0.885. The van der Waals surface area contributed by atoms with Gasteiger partial charge in [0.2, 0.25) is 0 Å². The fraction of sp³-hybridized carbons (Fsp3) is 0.389. The first-order valence-corrected chi connectivity index (χ1v) is 9.08. The Labute approximate surface area is 146 Å². The summed E-state index contributed by atoms with van der Waals surface area (Å²) in [5.74, 6) is 0.704. The second-order valence-electron chi connectivity index (χ2n) is 5.60. The molecule has 0 bridgehead atoms. The predicted molar refractivity (Wildman–Crippen MR) is 95.8 cm³/mol. The summed E-state index contributed by atoms with van der Waals surface area (Å²) >= 11 is 1.66. The van der Waals surface area contributed by atoms with Crippen LogP contribution in [0, 0.1) is 0 Å². The van der Waals surface area contributed by atoms with Crippen molar-refractivity contribution in [3.8, 4) is 5.75 Å². The molecule has 1 N–H and O–H groups in total. The molecule has 0 radical (unpaired) electrons. The zero-order valence-corrected chi connectivity index (χ0v) is 14.6. The third-order valence-electron chi connectivity index (χ3n) is 3.80. The van der Waals surface area contributed by atoms with Gasteiger partial charge in [-0.1, -0.05) is 25.1 Å². The number of para-hydroxylation sites is 2. The average molecular weight is 346 g/mol. The van der Waals surface area contributed by atoms with Crippen molar-refractivity contribution >= 4 is 23.1 Å². The first-order chi connectivity index (χ1) is 11.8. The largest absolute Gasteiger partial charge is 0.491 e. The molecular formula is C18H22N2O3S. The number of nitrogens with zero attached hydrogens (tertiary/aromatic N) is 1. The molecule has 1 aromatic carbocycles. The first-order valence-electron chi connectivity index (χ1n) is 8.20. The Hall–Kier alpha value is -2.05. The van der Waals surface area contributed by atoms with E-state index < -0.39 is 0 Å². The number of amides is 2. The molecule has 24 heavy (non-hydrogen) atoms. The number of benzene rings is 1. The topological polar surface area (TPSA) is 50.8 Å². The molecule has 128 valence electrons. The summed E-state index contributed by atoms with van der Waals surface area (Å²) in [6.07, 6.45) is 0.880. The average Bonchev–Trinajstić information content (AvgIpc) is 3.16. The van der Waals surface area contributed by atoms with E-state index in [1.54, 1.807) is 16.2 Å². The van der Waals surface area contributed by atoms with Gasteiger partial charge in [-0.15, -0.1) is 11.3 Å². The fourth-order valence-corrected chi connectivity index (χ4v) is 3.35. The number of hydrogen-bond donors (Lipinski definition) is 1. The molecule has 5 nitrogen and oxygen atoms in total. The van der Waals surface area contributed by atoms with Crippen molar-refractivity contribution < 1.29 is 14.3 Å². The van der Waals surface area contributed by atoms with Gasteiger partial charge >= 0.3 is 6.03 Å². The van der Waals surface area contributed by atoms with Crippen LogP contribution in [0.15, 0.2) is 41.8 Å². The molecule has 1 aromatic heterocycles. The van der Waals surface area contributed by atoms with Crippen LogP contribution in [0.2, 0.25) is 0 Å². The Morgan fingerprint density at radius 2 is 2.25 bits per heavy atom. The van der Waals surface area contributed by atoms with Gasteiger partial charge in [0.15, 0.2) is 0 Å². The van der Waals surface area contributed by atoms with Crippen molar-refractivity contribution in [2.24, 2.45) is 0 Å². The molecule has 1 fully saturated rings. The molecule has 2 heterocycles. The van der Waals surface area contributed by atoms with Gasteiger partial charge in [0, 0.05) is 11.4 Å². The number of ether oxygens (including phenoxy) is 2. The van der Waals surface area contributed by atoms with Crippen molar-refractivity contribution in [2.75, 3.05) is 31.6 Å². The number of morpholine rings is 1. The lowest BCUT2D eigenvalue weighted by Crippen LogP contribution is -2.44. The fourth-order valence-electron chi connectivity index (χ4n) is 2.58. The molecule has 6 heteroatoms. The van der Waals surface area contributed by atoms with E-state index in [4.69, 9.17) is 9.47 Å². The molecule has 1 aliphatic rings. The molecule has 1 unspecified atom stereocenters. The van der Waals surface area contributed by atoms with Crippen molar-refractivity contribution in [1.82, 2.24) is 4.90 Å². The van der Waals surface area contributed by atoms with Gasteiger partial charge in [-0.05, 0) is 30.0 Å². The van der Waals surface area contributed by atoms with E-state index in [1.165, 1.54) is 0 Å². The van der Waals surface area contributed by atoms with E-state index in [-0.39, 0.29) is 12.1 Å². The number of carbonyl (C=O) groups is 1. The van der Waals surface area contributed by atoms with Crippen LogP contribution in [-0.4, -0.2) is 37.2 Å². The number of thiophene rings is 1. The van der Waals surface area contributed by atoms with Crippen LogP contribution in [-0.2, 0) is 4.74 Å². The number of hydrogen-bond acceptors (Lipinski definition) is 4. The van der Waals surface area contributed by atoms with E-state index in [0.29, 0.717) is 37.7 Å². The molecule has 1 aliphatic heterocycles. The van der Waals surface area contributed by atoms with E-state index in [2.05, 4.69) is 12.2 Å². The minimum Gasteiger partial charge on any atom is -0.491 e. The molecule has 2 amide bonds. The lowest BCUT2D eigenvalue weighted by Gasteiger charge is -2.32. The Morgan fingerprint density at radius 3 is 3.04 bits per heavy atom. The van der Waals surface area contributed by atoms with Crippen LogP contribution in [0.25, 0.3) is 0 Å². The summed E-state index contributed by atoms with van der Waals surface area (Å²) in [7, 11) is 0. The summed E-state index contributed by atoms with van der Waals surface area (Å²) in [6.45, 7) is 4.38. The molecule has 2 aromatic rings. The molecule has 1 atom stereocenters. The van der Waals surface area contributed by atoms with Crippen LogP contribution in [0.5, 0.6) is 5.75 Å². The third-order valence-corrected chi connectivity index (χ3v) is 4.77. The lowest BCUT2D eigenvalue weighted by atomic mass is 10.2. The second kappa shape index (κ2) is 8.17. The maximum absolute atomic E-state index is 12.6. The standard InChI is InChI=1S/C18H22N2O3S/c1-2-10-22-15-7-4-3-6-14(15)19-18(21)20-9-11-23-16(13-20)17-8-5-12-24-17/h3-8,12,16H,2,9-11,13H2,1H3,(H,19,21). The van der Waals surface area contributed by atoms with Crippen molar-refractivity contribution in [1.29, 1.82) is 0 Å². The third kappa shape index (κ3) is 4.07. The minimum absolute atomic E-state index is 0.0453. The van der Waals surface area contributed by atoms with Gasteiger partial charge in [-0.2, -0.15) is 0 Å². The number of nitrogens with one attached hydrogen (secondary N) is 1. The number of carbonyl (C=O) groups excluding carboxylic acids is 1. The second-order valence-corrected chi connectivity index (χ2v) is 6.57. The van der Waals surface area contributed by atoms with Gasteiger partial charge in [0.25, 0.3) is 0 Å². The van der Waals surface area contributed by atoms with Gasteiger partial charge < -0.3 is 19.7 Å². The summed E-state index contributed by atoms with van der Waals surface area (Å²) in [6, 6.07) is 11.5. The normalized spacial score (nSPS) is 17.5. The van der Waals surface area contributed by atoms with E-state index in [9.17, 15) is 4.79 Å². The van der Waals surface area contributed by atoms with Crippen LogP contribution in [0.4, 0.5) is 10.5 Å². The van der Waals surface area contributed by atoms with E-state index in [1.807, 2.05) is 41.8 Å². The number of rotatable bonds is 5. The van der Waals surface area contributed by atoms with Crippen molar-refractivity contribution in [3.05, 3.63) is 46.7 Å². The van der Waals surface area contributed by atoms with E-state index >= 15 is 0 Å². The number of anilines is 1. The van der Waals surface area contributed by atoms with Gasteiger partial charge in [0.05, 0.1) is 25.4 Å². The summed E-state index contributed by atoms with van der Waals surface area (Å²) in [4.78, 5) is 15.6. The van der Waals surface area contributed by atoms with Gasteiger partial charge in [-0.25, -0.2) is 4.79 Å². The Bertz CT molecular complexity index is 660. The zero-order chi connectivity index (χ0) is 16.8. The van der Waals surface area contributed by atoms with Crippen LogP contribution >= 0.6 is 11.3 Å². The highest BCUT2D eigenvalue weighted by Crippen LogP contribution is 2.28. The smallest absolute Gasteiger partial charge is 0.322 e. The van der Waals surface area contributed by atoms with E-state index in [0.717, 1.165) is 11.3 Å². The maximum Gasteiger partial charge on any atom is 0.322 e. The Balaban J connectivity index is 1.64. The van der Waals surface area contributed by atoms with Crippen LogP contribution in [0.1, 0.15) is 24.3 Å². The van der Waals surface area contributed by atoms with Gasteiger partial charge in [-0.3, -0.25) is 0 Å². The highest BCUT2D eigenvalue weighted by Gasteiger charge is 2.26.